The quantitative estimate of drug-likeness (QED) is 0.677. The molecular formula is C14H17BrN4OS. The van der Waals surface area contributed by atoms with E-state index in [9.17, 15) is 0 Å². The number of thioether (sulfide) groups is 1. The lowest BCUT2D eigenvalue weighted by Crippen LogP contribution is -2.20. The van der Waals surface area contributed by atoms with E-state index in [4.69, 9.17) is 5.11 Å². The summed E-state index contributed by atoms with van der Waals surface area (Å²) >= 11 is 5.09. The summed E-state index contributed by atoms with van der Waals surface area (Å²) in [6.45, 7) is 1.91. The van der Waals surface area contributed by atoms with Crippen molar-refractivity contribution >= 4 is 45.1 Å². The standard InChI is InChI=1S/C14H17BrN4OS/c1-9(8-20)17-13-12(15)7-16-14(19-13)18-10-3-5-11(21-2)6-4-10/h3-7,9,20H,8H2,1-2H3,(H2,16,17,18,19)/t9-/m1/s1. The molecule has 0 saturated carbocycles. The molecule has 7 heteroatoms. The van der Waals surface area contributed by atoms with Crippen LogP contribution in [0.2, 0.25) is 0 Å². The number of aliphatic hydroxyl groups is 1. The first-order valence-electron chi connectivity index (χ1n) is 6.43. The molecule has 1 aromatic carbocycles. The molecule has 0 spiro atoms. The molecule has 2 rings (SSSR count). The molecule has 3 N–H and O–H groups in total. The lowest BCUT2D eigenvalue weighted by molar-refractivity contribution is 0.281. The summed E-state index contributed by atoms with van der Waals surface area (Å²) in [6.07, 6.45) is 3.72. The van der Waals surface area contributed by atoms with Gasteiger partial charge >= 0.3 is 0 Å². The van der Waals surface area contributed by atoms with Crippen LogP contribution in [0.25, 0.3) is 0 Å². The summed E-state index contributed by atoms with van der Waals surface area (Å²) in [7, 11) is 0. The third-order valence-electron chi connectivity index (χ3n) is 2.75. The highest BCUT2D eigenvalue weighted by molar-refractivity contribution is 9.10. The van der Waals surface area contributed by atoms with E-state index in [0.29, 0.717) is 11.8 Å². The fourth-order valence-corrected chi connectivity index (χ4v) is 2.32. The minimum Gasteiger partial charge on any atom is -0.394 e. The predicted octanol–water partition coefficient (Wildman–Crippen LogP) is 3.50. The van der Waals surface area contributed by atoms with Crippen LogP contribution in [0.1, 0.15) is 6.92 Å². The van der Waals surface area contributed by atoms with Gasteiger partial charge in [0.05, 0.1) is 11.1 Å². The van der Waals surface area contributed by atoms with Crippen molar-refractivity contribution in [3.05, 3.63) is 34.9 Å². The third-order valence-corrected chi connectivity index (χ3v) is 4.07. The lowest BCUT2D eigenvalue weighted by Gasteiger charge is -2.14. The van der Waals surface area contributed by atoms with Gasteiger partial charge in [0.2, 0.25) is 5.95 Å². The molecule has 112 valence electrons. The Morgan fingerprint density at radius 2 is 2.05 bits per heavy atom. The predicted molar refractivity (Wildman–Crippen MR) is 91.4 cm³/mol. The first-order chi connectivity index (χ1) is 10.1. The summed E-state index contributed by atoms with van der Waals surface area (Å²) in [5.41, 5.74) is 0.927. The van der Waals surface area contributed by atoms with E-state index < -0.39 is 0 Å². The molecule has 0 radical (unpaired) electrons. The van der Waals surface area contributed by atoms with Gasteiger partial charge in [0.1, 0.15) is 5.82 Å². The SMILES string of the molecule is CSc1ccc(Nc2ncc(Br)c(N[C@H](C)CO)n2)cc1. The average Bonchev–Trinajstić information content (AvgIpc) is 2.51. The molecule has 0 amide bonds. The van der Waals surface area contributed by atoms with E-state index in [1.807, 2.05) is 37.4 Å². The normalized spacial score (nSPS) is 12.0. The van der Waals surface area contributed by atoms with Gasteiger partial charge in [-0.05, 0) is 53.4 Å². The molecule has 0 fully saturated rings. The Morgan fingerprint density at radius 1 is 1.33 bits per heavy atom. The van der Waals surface area contributed by atoms with E-state index in [-0.39, 0.29) is 12.6 Å². The minimum atomic E-state index is -0.0788. The maximum Gasteiger partial charge on any atom is 0.229 e. The van der Waals surface area contributed by atoms with Crippen LogP contribution in [0.5, 0.6) is 0 Å². The smallest absolute Gasteiger partial charge is 0.229 e. The second-order valence-electron chi connectivity index (χ2n) is 4.47. The zero-order chi connectivity index (χ0) is 15.2. The maximum atomic E-state index is 9.10. The van der Waals surface area contributed by atoms with Crippen molar-refractivity contribution in [2.75, 3.05) is 23.5 Å². The van der Waals surface area contributed by atoms with E-state index in [1.165, 1.54) is 4.90 Å². The van der Waals surface area contributed by atoms with Gasteiger partial charge < -0.3 is 15.7 Å². The molecule has 21 heavy (non-hydrogen) atoms. The number of hydrogen-bond donors (Lipinski definition) is 3. The van der Waals surface area contributed by atoms with Gasteiger partial charge in [-0.1, -0.05) is 0 Å². The molecule has 5 nitrogen and oxygen atoms in total. The number of aliphatic hydroxyl groups excluding tert-OH is 1. The number of nitrogens with zero attached hydrogens (tertiary/aromatic N) is 2. The topological polar surface area (TPSA) is 70.1 Å². The second-order valence-corrected chi connectivity index (χ2v) is 6.21. The third kappa shape index (κ3) is 4.59. The molecule has 1 heterocycles. The zero-order valence-electron chi connectivity index (χ0n) is 11.8. The van der Waals surface area contributed by atoms with Crippen molar-refractivity contribution in [2.24, 2.45) is 0 Å². The number of hydrogen-bond acceptors (Lipinski definition) is 6. The fourth-order valence-electron chi connectivity index (χ4n) is 1.61. The maximum absolute atomic E-state index is 9.10. The summed E-state index contributed by atoms with van der Waals surface area (Å²) in [5.74, 6) is 1.15. The Labute approximate surface area is 136 Å². The monoisotopic (exact) mass is 368 g/mol. The largest absolute Gasteiger partial charge is 0.394 e. The van der Waals surface area contributed by atoms with Crippen LogP contribution in [-0.4, -0.2) is 34.0 Å². The molecule has 0 aliphatic carbocycles. The van der Waals surface area contributed by atoms with E-state index in [2.05, 4.69) is 36.5 Å². The number of rotatable bonds is 6. The van der Waals surface area contributed by atoms with Crippen LogP contribution in [0.15, 0.2) is 39.8 Å². The molecule has 1 atom stereocenters. The summed E-state index contributed by atoms with van der Waals surface area (Å²) in [6, 6.07) is 7.98. The molecule has 0 saturated heterocycles. The molecule has 1 aromatic heterocycles. The fraction of sp³-hybridized carbons (Fsp3) is 0.286. The van der Waals surface area contributed by atoms with Gasteiger partial charge in [0.15, 0.2) is 0 Å². The number of halogens is 1. The van der Waals surface area contributed by atoms with Crippen LogP contribution >= 0.6 is 27.7 Å². The van der Waals surface area contributed by atoms with Gasteiger partial charge in [0.25, 0.3) is 0 Å². The average molecular weight is 369 g/mol. The zero-order valence-corrected chi connectivity index (χ0v) is 14.2. The number of aromatic nitrogens is 2. The van der Waals surface area contributed by atoms with Gasteiger partial charge in [-0.3, -0.25) is 0 Å². The second kappa shape index (κ2) is 7.63. The van der Waals surface area contributed by atoms with Crippen LogP contribution in [0.3, 0.4) is 0 Å². The molecule has 0 aliphatic rings. The van der Waals surface area contributed by atoms with Crippen LogP contribution in [-0.2, 0) is 0 Å². The molecule has 0 aliphatic heterocycles. The van der Waals surface area contributed by atoms with Crippen LogP contribution < -0.4 is 10.6 Å². The Hall–Kier alpha value is -1.31. The Morgan fingerprint density at radius 3 is 2.67 bits per heavy atom. The minimum absolute atomic E-state index is 0.0371. The highest BCUT2D eigenvalue weighted by atomic mass is 79.9. The van der Waals surface area contributed by atoms with Crippen molar-refractivity contribution in [1.29, 1.82) is 0 Å². The summed E-state index contributed by atoms with van der Waals surface area (Å²) in [4.78, 5) is 9.84. The molecular weight excluding hydrogens is 352 g/mol. The summed E-state index contributed by atoms with van der Waals surface area (Å²) < 4.78 is 0.756. The van der Waals surface area contributed by atoms with Crippen molar-refractivity contribution in [3.63, 3.8) is 0 Å². The van der Waals surface area contributed by atoms with Gasteiger partial charge in [-0.25, -0.2) is 4.98 Å². The van der Waals surface area contributed by atoms with Crippen molar-refractivity contribution in [1.82, 2.24) is 9.97 Å². The van der Waals surface area contributed by atoms with E-state index in [1.54, 1.807) is 18.0 Å². The highest BCUT2D eigenvalue weighted by Gasteiger charge is 2.08. The molecule has 0 bridgehead atoms. The van der Waals surface area contributed by atoms with Crippen LogP contribution in [0, 0.1) is 0 Å². The van der Waals surface area contributed by atoms with Crippen LogP contribution in [0.4, 0.5) is 17.5 Å². The van der Waals surface area contributed by atoms with Crippen molar-refractivity contribution in [2.45, 2.75) is 17.9 Å². The van der Waals surface area contributed by atoms with Crippen molar-refractivity contribution in [3.8, 4) is 0 Å². The van der Waals surface area contributed by atoms with Gasteiger partial charge in [0, 0.05) is 22.8 Å². The van der Waals surface area contributed by atoms with Gasteiger partial charge in [-0.15, -0.1) is 11.8 Å². The first-order valence-corrected chi connectivity index (χ1v) is 8.45. The molecule has 0 unspecified atom stereocenters. The number of anilines is 3. The van der Waals surface area contributed by atoms with E-state index in [0.717, 1.165) is 10.2 Å². The van der Waals surface area contributed by atoms with Gasteiger partial charge in [-0.2, -0.15) is 4.98 Å². The Bertz CT molecular complexity index is 594. The summed E-state index contributed by atoms with van der Waals surface area (Å²) in [5, 5.41) is 15.4. The lowest BCUT2D eigenvalue weighted by atomic mass is 10.3. The Balaban J connectivity index is 2.14. The first kappa shape index (κ1) is 16.1. The number of benzene rings is 1. The molecule has 2 aromatic rings. The Kier molecular flexibility index (Phi) is 5.84. The highest BCUT2D eigenvalue weighted by Crippen LogP contribution is 2.23. The van der Waals surface area contributed by atoms with E-state index >= 15 is 0 Å². The number of nitrogens with one attached hydrogen (secondary N) is 2. The van der Waals surface area contributed by atoms with Crippen molar-refractivity contribution < 1.29 is 5.11 Å².